The summed E-state index contributed by atoms with van der Waals surface area (Å²) in [6.07, 6.45) is 2.85. The minimum Gasteiger partial charge on any atom is -0.493 e. The number of benzene rings is 2. The number of aromatic amines is 1. The van der Waals surface area contributed by atoms with Gasteiger partial charge in [0.2, 0.25) is 0 Å². The van der Waals surface area contributed by atoms with Crippen LogP contribution in [0, 0.1) is 0 Å². The van der Waals surface area contributed by atoms with Gasteiger partial charge < -0.3 is 9.72 Å². The van der Waals surface area contributed by atoms with Crippen molar-refractivity contribution in [2.75, 3.05) is 6.61 Å². The number of hydrogen-bond donors (Lipinski definition) is 1. The molecule has 3 aromatic rings. The molecular weight excluding hydrogens is 258 g/mol. The second kappa shape index (κ2) is 5.37. The van der Waals surface area contributed by atoms with Gasteiger partial charge in [-0.1, -0.05) is 17.7 Å². The Balaban J connectivity index is 1.61. The summed E-state index contributed by atoms with van der Waals surface area (Å²) in [6.45, 7) is 0.664. The third-order valence-corrected chi connectivity index (χ3v) is 3.34. The number of halogens is 1. The molecule has 0 aliphatic carbocycles. The van der Waals surface area contributed by atoms with Crippen molar-refractivity contribution in [3.05, 3.63) is 65.3 Å². The van der Waals surface area contributed by atoms with Gasteiger partial charge >= 0.3 is 0 Å². The van der Waals surface area contributed by atoms with Gasteiger partial charge in [-0.2, -0.15) is 0 Å². The molecule has 3 heteroatoms. The summed E-state index contributed by atoms with van der Waals surface area (Å²) in [5, 5.41) is 1.97. The van der Waals surface area contributed by atoms with Gasteiger partial charge in [0, 0.05) is 23.2 Å². The molecule has 0 fully saturated rings. The first-order chi connectivity index (χ1) is 9.31. The SMILES string of the molecule is Clc1ccc(OCCc2ccc3[nH]ccc3c2)cc1. The number of aromatic nitrogens is 1. The first kappa shape index (κ1) is 12.1. The van der Waals surface area contributed by atoms with Crippen molar-refractivity contribution in [1.29, 1.82) is 0 Å². The van der Waals surface area contributed by atoms with Crippen LogP contribution in [0.25, 0.3) is 10.9 Å². The van der Waals surface area contributed by atoms with Crippen molar-refractivity contribution < 1.29 is 4.74 Å². The molecule has 1 heterocycles. The molecule has 2 nitrogen and oxygen atoms in total. The van der Waals surface area contributed by atoms with Crippen molar-refractivity contribution >= 4 is 22.5 Å². The molecule has 0 atom stereocenters. The summed E-state index contributed by atoms with van der Waals surface area (Å²) in [5.41, 5.74) is 2.45. The Morgan fingerprint density at radius 3 is 2.68 bits per heavy atom. The normalized spacial score (nSPS) is 10.8. The molecule has 1 aromatic heterocycles. The van der Waals surface area contributed by atoms with E-state index in [1.807, 2.05) is 30.5 Å². The van der Waals surface area contributed by atoms with Crippen LogP contribution in [-0.4, -0.2) is 11.6 Å². The highest BCUT2D eigenvalue weighted by atomic mass is 35.5. The molecule has 0 aliphatic rings. The molecule has 0 unspecified atom stereocenters. The van der Waals surface area contributed by atoms with Crippen molar-refractivity contribution in [2.24, 2.45) is 0 Å². The first-order valence-corrected chi connectivity index (χ1v) is 6.63. The van der Waals surface area contributed by atoms with Gasteiger partial charge in [0.25, 0.3) is 0 Å². The standard InChI is InChI=1S/C16H14ClNO/c17-14-2-4-15(5-3-14)19-10-8-12-1-6-16-13(11-12)7-9-18-16/h1-7,9,11,18H,8,10H2. The molecule has 3 rings (SSSR count). The van der Waals surface area contributed by atoms with Gasteiger partial charge in [-0.05, 0) is 53.4 Å². The zero-order valence-electron chi connectivity index (χ0n) is 10.4. The Kier molecular flexibility index (Phi) is 3.43. The number of nitrogens with one attached hydrogen (secondary N) is 1. The molecule has 0 radical (unpaired) electrons. The largest absolute Gasteiger partial charge is 0.493 e. The number of H-pyrrole nitrogens is 1. The van der Waals surface area contributed by atoms with E-state index in [1.165, 1.54) is 16.5 Å². The molecule has 0 amide bonds. The van der Waals surface area contributed by atoms with E-state index in [-0.39, 0.29) is 0 Å². The summed E-state index contributed by atoms with van der Waals surface area (Å²) >= 11 is 5.83. The third-order valence-electron chi connectivity index (χ3n) is 3.09. The van der Waals surface area contributed by atoms with Crippen LogP contribution in [-0.2, 0) is 6.42 Å². The van der Waals surface area contributed by atoms with Gasteiger partial charge in [-0.15, -0.1) is 0 Å². The lowest BCUT2D eigenvalue weighted by molar-refractivity contribution is 0.322. The fourth-order valence-corrected chi connectivity index (χ4v) is 2.20. The Labute approximate surface area is 117 Å². The Bertz CT molecular complexity index is 673. The second-order valence-electron chi connectivity index (χ2n) is 4.45. The van der Waals surface area contributed by atoms with Crippen LogP contribution in [0.4, 0.5) is 0 Å². The summed E-state index contributed by atoms with van der Waals surface area (Å²) < 4.78 is 5.69. The summed E-state index contributed by atoms with van der Waals surface area (Å²) in [4.78, 5) is 3.19. The molecule has 0 aliphatic heterocycles. The molecule has 0 bridgehead atoms. The fourth-order valence-electron chi connectivity index (χ4n) is 2.08. The highest BCUT2D eigenvalue weighted by Crippen LogP contribution is 2.17. The maximum atomic E-state index is 5.83. The maximum Gasteiger partial charge on any atom is 0.119 e. The molecular formula is C16H14ClNO. The van der Waals surface area contributed by atoms with Crippen molar-refractivity contribution in [3.8, 4) is 5.75 Å². The highest BCUT2D eigenvalue weighted by molar-refractivity contribution is 6.30. The summed E-state index contributed by atoms with van der Waals surface area (Å²) in [5.74, 6) is 0.854. The lowest BCUT2D eigenvalue weighted by Gasteiger charge is -2.06. The molecule has 0 saturated heterocycles. The van der Waals surface area contributed by atoms with Gasteiger partial charge in [-0.3, -0.25) is 0 Å². The zero-order valence-corrected chi connectivity index (χ0v) is 11.2. The van der Waals surface area contributed by atoms with E-state index in [2.05, 4.69) is 29.2 Å². The van der Waals surface area contributed by atoms with Gasteiger partial charge in [-0.25, -0.2) is 0 Å². The van der Waals surface area contributed by atoms with Crippen LogP contribution in [0.1, 0.15) is 5.56 Å². The third kappa shape index (κ3) is 2.91. The predicted molar refractivity (Wildman–Crippen MR) is 78.9 cm³/mol. The molecule has 1 N–H and O–H groups in total. The minimum atomic E-state index is 0.664. The maximum absolute atomic E-state index is 5.83. The molecule has 2 aromatic carbocycles. The Morgan fingerprint density at radius 1 is 1.00 bits per heavy atom. The molecule has 0 spiro atoms. The van der Waals surface area contributed by atoms with Crippen LogP contribution in [0.2, 0.25) is 5.02 Å². The van der Waals surface area contributed by atoms with Gasteiger partial charge in [0.05, 0.1) is 6.61 Å². The van der Waals surface area contributed by atoms with Crippen LogP contribution in [0.5, 0.6) is 5.75 Å². The average Bonchev–Trinajstić information content (AvgIpc) is 2.88. The molecule has 96 valence electrons. The quantitative estimate of drug-likeness (QED) is 0.745. The summed E-state index contributed by atoms with van der Waals surface area (Å²) in [7, 11) is 0. The number of ether oxygens (including phenoxy) is 1. The van der Waals surface area contributed by atoms with Gasteiger partial charge in [0.1, 0.15) is 5.75 Å². The van der Waals surface area contributed by atoms with E-state index >= 15 is 0 Å². The Hall–Kier alpha value is -1.93. The lowest BCUT2D eigenvalue weighted by atomic mass is 10.1. The van der Waals surface area contributed by atoms with Crippen molar-refractivity contribution in [3.63, 3.8) is 0 Å². The van der Waals surface area contributed by atoms with Gasteiger partial charge in [0.15, 0.2) is 0 Å². The van der Waals surface area contributed by atoms with Crippen LogP contribution in [0.3, 0.4) is 0 Å². The van der Waals surface area contributed by atoms with Crippen LogP contribution < -0.4 is 4.74 Å². The number of rotatable bonds is 4. The van der Waals surface area contributed by atoms with Crippen LogP contribution in [0.15, 0.2) is 54.7 Å². The monoisotopic (exact) mass is 271 g/mol. The number of fused-ring (bicyclic) bond motifs is 1. The lowest BCUT2D eigenvalue weighted by Crippen LogP contribution is -2.01. The molecule has 19 heavy (non-hydrogen) atoms. The van der Waals surface area contributed by atoms with Crippen molar-refractivity contribution in [2.45, 2.75) is 6.42 Å². The van der Waals surface area contributed by atoms with E-state index in [0.29, 0.717) is 6.61 Å². The first-order valence-electron chi connectivity index (χ1n) is 6.26. The second-order valence-corrected chi connectivity index (χ2v) is 4.89. The van der Waals surface area contributed by atoms with E-state index in [9.17, 15) is 0 Å². The predicted octanol–water partition coefficient (Wildman–Crippen LogP) is 4.44. The van der Waals surface area contributed by atoms with E-state index < -0.39 is 0 Å². The van der Waals surface area contributed by atoms with E-state index in [0.717, 1.165) is 17.2 Å². The van der Waals surface area contributed by atoms with E-state index in [1.54, 1.807) is 0 Å². The molecule has 0 saturated carbocycles. The topological polar surface area (TPSA) is 25.0 Å². The minimum absolute atomic E-state index is 0.664. The van der Waals surface area contributed by atoms with Crippen LogP contribution >= 0.6 is 11.6 Å². The zero-order chi connectivity index (χ0) is 13.1. The van der Waals surface area contributed by atoms with Crippen molar-refractivity contribution in [1.82, 2.24) is 4.98 Å². The summed E-state index contributed by atoms with van der Waals surface area (Å²) in [6, 6.07) is 16.0. The van der Waals surface area contributed by atoms with E-state index in [4.69, 9.17) is 16.3 Å². The number of hydrogen-bond acceptors (Lipinski definition) is 1. The Morgan fingerprint density at radius 2 is 1.84 bits per heavy atom. The highest BCUT2D eigenvalue weighted by Gasteiger charge is 1.99. The smallest absolute Gasteiger partial charge is 0.119 e. The average molecular weight is 272 g/mol. The fraction of sp³-hybridized carbons (Fsp3) is 0.125.